The van der Waals surface area contributed by atoms with Gasteiger partial charge >= 0.3 is 0 Å². The lowest BCUT2D eigenvalue weighted by atomic mass is 9.98. The summed E-state index contributed by atoms with van der Waals surface area (Å²) in [5, 5.41) is 9.85. The van der Waals surface area contributed by atoms with Crippen molar-refractivity contribution >= 4 is 24.8 Å². The Labute approximate surface area is 99.1 Å². The monoisotopic (exact) mass is 237 g/mol. The first-order valence-corrected chi connectivity index (χ1v) is 5.54. The van der Waals surface area contributed by atoms with E-state index in [4.69, 9.17) is 17.5 Å². The Balaban J connectivity index is 2.69. The number of nitrogens with zero attached hydrogens (tertiary/aromatic N) is 2. The zero-order chi connectivity index (χ0) is 11.0. The van der Waals surface area contributed by atoms with Gasteiger partial charge in [-0.15, -0.1) is 12.6 Å². The van der Waals surface area contributed by atoms with Crippen molar-refractivity contribution in [2.45, 2.75) is 18.0 Å². The van der Waals surface area contributed by atoms with Gasteiger partial charge in [0.2, 0.25) is 0 Å². The molecule has 5 heteroatoms. The van der Waals surface area contributed by atoms with Gasteiger partial charge in [-0.3, -0.25) is 0 Å². The number of thiol groups is 1. The summed E-state index contributed by atoms with van der Waals surface area (Å²) < 4.78 is 0.505. The summed E-state index contributed by atoms with van der Waals surface area (Å²) >= 11 is 9.49. The van der Waals surface area contributed by atoms with Gasteiger partial charge in [-0.05, 0) is 19.0 Å². The number of pyridine rings is 1. The quantitative estimate of drug-likeness (QED) is 0.535. The fraction of sp³-hybridized carbons (Fsp3) is 0.400. The van der Waals surface area contributed by atoms with E-state index in [2.05, 4.69) is 35.6 Å². The number of nitriles is 1. The van der Waals surface area contributed by atoms with Crippen molar-refractivity contribution in [1.29, 1.82) is 5.26 Å². The van der Waals surface area contributed by atoms with Gasteiger partial charge in [0.1, 0.15) is 10.7 Å². The predicted octanol–water partition coefficient (Wildman–Crippen LogP) is 1.89. The van der Waals surface area contributed by atoms with Crippen molar-refractivity contribution in [2.24, 2.45) is 0 Å². The molecule has 0 aromatic carbocycles. The van der Waals surface area contributed by atoms with Crippen LogP contribution in [-0.4, -0.2) is 23.5 Å². The minimum absolute atomic E-state index is 0.505. The first-order chi connectivity index (χ1) is 7.13. The van der Waals surface area contributed by atoms with E-state index >= 15 is 0 Å². The van der Waals surface area contributed by atoms with Crippen LogP contribution in [0, 0.1) is 16.0 Å². The van der Waals surface area contributed by atoms with Crippen LogP contribution in [0.4, 0.5) is 0 Å². The molecule has 0 atom stereocenters. The highest BCUT2D eigenvalue weighted by Gasteiger charge is 2.20. The lowest BCUT2D eigenvalue weighted by Gasteiger charge is -2.26. The molecule has 15 heavy (non-hydrogen) atoms. The smallest absolute Gasteiger partial charge is 0.122 e. The predicted molar refractivity (Wildman–Crippen MR) is 63.6 cm³/mol. The van der Waals surface area contributed by atoms with Gasteiger partial charge in [0.05, 0.1) is 10.6 Å². The molecule has 2 heterocycles. The molecule has 0 aliphatic carbocycles. The molecule has 1 aliphatic rings. The molecule has 1 aromatic heterocycles. The van der Waals surface area contributed by atoms with Crippen molar-refractivity contribution < 1.29 is 0 Å². The number of hydrogen-bond donors (Lipinski definition) is 2. The molecule has 1 N–H and O–H groups in total. The fourth-order valence-corrected chi connectivity index (χ4v) is 2.56. The minimum Gasteiger partial charge on any atom is -0.340 e. The van der Waals surface area contributed by atoms with Crippen LogP contribution in [0.2, 0.25) is 0 Å². The number of fused-ring (bicyclic) bond motifs is 1. The average molecular weight is 237 g/mol. The second-order valence-corrected chi connectivity index (χ2v) is 4.59. The molecule has 0 saturated carbocycles. The van der Waals surface area contributed by atoms with Crippen LogP contribution >= 0.6 is 24.8 Å². The Hall–Kier alpha value is -0.830. The van der Waals surface area contributed by atoms with Gasteiger partial charge in [-0.1, -0.05) is 12.2 Å². The SMILES string of the molecule is CN1CCc2c(c(S)[nH]c(=S)c2C#N)C1. The summed E-state index contributed by atoms with van der Waals surface area (Å²) in [6.45, 7) is 1.79. The summed E-state index contributed by atoms with van der Waals surface area (Å²) in [7, 11) is 2.06. The molecular formula is C10H11N3S2. The van der Waals surface area contributed by atoms with Crippen molar-refractivity contribution in [2.75, 3.05) is 13.6 Å². The Morgan fingerprint density at radius 1 is 1.53 bits per heavy atom. The maximum absolute atomic E-state index is 9.06. The number of aromatic amines is 1. The van der Waals surface area contributed by atoms with Crippen molar-refractivity contribution in [1.82, 2.24) is 9.88 Å². The highest BCUT2D eigenvalue weighted by molar-refractivity contribution is 7.80. The summed E-state index contributed by atoms with van der Waals surface area (Å²) in [5.41, 5.74) is 2.80. The molecule has 0 unspecified atom stereocenters. The molecule has 1 aromatic rings. The van der Waals surface area contributed by atoms with E-state index in [1.165, 1.54) is 0 Å². The summed E-state index contributed by atoms with van der Waals surface area (Å²) in [4.78, 5) is 5.18. The first kappa shape index (κ1) is 10.7. The number of rotatable bonds is 0. The normalized spacial score (nSPS) is 15.8. The molecule has 0 fully saturated rings. The van der Waals surface area contributed by atoms with E-state index in [0.717, 1.165) is 35.7 Å². The van der Waals surface area contributed by atoms with Crippen molar-refractivity contribution in [3.8, 4) is 6.07 Å². The first-order valence-electron chi connectivity index (χ1n) is 4.69. The molecule has 0 spiro atoms. The number of aromatic nitrogens is 1. The zero-order valence-corrected chi connectivity index (χ0v) is 10.1. The van der Waals surface area contributed by atoms with Crippen molar-refractivity contribution in [3.63, 3.8) is 0 Å². The van der Waals surface area contributed by atoms with Gasteiger partial charge < -0.3 is 9.88 Å². The molecule has 0 amide bonds. The Bertz CT molecular complexity index is 499. The average Bonchev–Trinajstić information content (AvgIpc) is 2.19. The summed E-state index contributed by atoms with van der Waals surface area (Å²) in [6.07, 6.45) is 0.876. The zero-order valence-electron chi connectivity index (χ0n) is 8.37. The number of H-pyrrole nitrogens is 1. The van der Waals surface area contributed by atoms with Gasteiger partial charge in [-0.2, -0.15) is 5.26 Å². The standard InChI is InChI=1S/C10H11N3S2/c1-13-3-2-6-7(4-11)9(14)12-10(15)8(6)5-13/h2-3,5H2,1H3,(H2,12,14,15). The van der Waals surface area contributed by atoms with Crippen LogP contribution in [0.3, 0.4) is 0 Å². The van der Waals surface area contributed by atoms with Gasteiger partial charge in [0.15, 0.2) is 0 Å². The molecule has 0 bridgehead atoms. The second-order valence-electron chi connectivity index (χ2n) is 3.73. The molecule has 0 radical (unpaired) electrons. The van der Waals surface area contributed by atoms with E-state index in [1.54, 1.807) is 0 Å². The van der Waals surface area contributed by atoms with E-state index in [1.807, 2.05) is 0 Å². The van der Waals surface area contributed by atoms with Gasteiger partial charge in [0.25, 0.3) is 0 Å². The molecular weight excluding hydrogens is 226 g/mol. The molecule has 3 nitrogen and oxygen atoms in total. The maximum atomic E-state index is 9.06. The van der Waals surface area contributed by atoms with Crippen LogP contribution in [0.1, 0.15) is 16.7 Å². The van der Waals surface area contributed by atoms with Crippen LogP contribution in [-0.2, 0) is 13.0 Å². The van der Waals surface area contributed by atoms with E-state index < -0.39 is 0 Å². The third kappa shape index (κ3) is 1.81. The third-order valence-corrected chi connectivity index (χ3v) is 3.38. The third-order valence-electron chi connectivity index (χ3n) is 2.69. The molecule has 0 saturated heterocycles. The van der Waals surface area contributed by atoms with E-state index in [-0.39, 0.29) is 0 Å². The highest BCUT2D eigenvalue weighted by Crippen LogP contribution is 2.26. The number of likely N-dealkylation sites (N-methyl/N-ethyl adjacent to an activating group) is 1. The van der Waals surface area contributed by atoms with Crippen LogP contribution < -0.4 is 0 Å². The topological polar surface area (TPSA) is 42.8 Å². The minimum atomic E-state index is 0.505. The lowest BCUT2D eigenvalue weighted by molar-refractivity contribution is 0.308. The van der Waals surface area contributed by atoms with Gasteiger partial charge in [-0.25, -0.2) is 0 Å². The number of nitrogens with one attached hydrogen (secondary N) is 1. The number of hydrogen-bond acceptors (Lipinski definition) is 4. The summed E-state index contributed by atoms with van der Waals surface area (Å²) in [6, 6.07) is 2.18. The largest absolute Gasteiger partial charge is 0.340 e. The van der Waals surface area contributed by atoms with Crippen LogP contribution in [0.25, 0.3) is 0 Å². The van der Waals surface area contributed by atoms with Crippen LogP contribution in [0.15, 0.2) is 5.03 Å². The maximum Gasteiger partial charge on any atom is 0.122 e. The molecule has 1 aliphatic heterocycles. The van der Waals surface area contributed by atoms with E-state index in [0.29, 0.717) is 10.2 Å². The van der Waals surface area contributed by atoms with Crippen molar-refractivity contribution in [3.05, 3.63) is 21.3 Å². The molecule has 78 valence electrons. The lowest BCUT2D eigenvalue weighted by Crippen LogP contribution is -2.28. The summed E-state index contributed by atoms with van der Waals surface area (Å²) in [5.74, 6) is 0. The Kier molecular flexibility index (Phi) is 2.83. The second kappa shape index (κ2) is 3.97. The van der Waals surface area contributed by atoms with E-state index in [9.17, 15) is 0 Å². The molecule has 2 rings (SSSR count). The Morgan fingerprint density at radius 2 is 2.27 bits per heavy atom. The van der Waals surface area contributed by atoms with Gasteiger partial charge in [0, 0.05) is 18.7 Å². The Morgan fingerprint density at radius 3 is 2.93 bits per heavy atom. The highest BCUT2D eigenvalue weighted by atomic mass is 32.1. The fourth-order valence-electron chi connectivity index (χ4n) is 1.89. The van der Waals surface area contributed by atoms with Crippen LogP contribution in [0.5, 0.6) is 0 Å².